The molecule has 0 saturated carbocycles. The molecule has 2 fully saturated rings. The van der Waals surface area contributed by atoms with Gasteiger partial charge in [0.2, 0.25) is 5.91 Å². The van der Waals surface area contributed by atoms with Gasteiger partial charge in [-0.3, -0.25) is 14.5 Å². The molecule has 2 amide bonds. The van der Waals surface area contributed by atoms with Gasteiger partial charge in [0.15, 0.2) is 0 Å². The van der Waals surface area contributed by atoms with Crippen LogP contribution in [0, 0.1) is 9.49 Å². The van der Waals surface area contributed by atoms with Crippen LogP contribution in [0.1, 0.15) is 29.6 Å². The van der Waals surface area contributed by atoms with Crippen LogP contribution in [0.5, 0.6) is 0 Å². The maximum atomic E-state index is 12.4. The summed E-state index contributed by atoms with van der Waals surface area (Å²) in [7, 11) is 0. The van der Waals surface area contributed by atoms with Crippen molar-refractivity contribution in [2.24, 2.45) is 5.92 Å². The minimum absolute atomic E-state index is 0.0147. The van der Waals surface area contributed by atoms with E-state index >= 15 is 0 Å². The van der Waals surface area contributed by atoms with Gasteiger partial charge in [-0.2, -0.15) is 0 Å². The predicted octanol–water partition coefficient (Wildman–Crippen LogP) is 1.98. The molecule has 148 valence electrons. The Morgan fingerprint density at radius 1 is 1.11 bits per heavy atom. The SMILES string of the molecule is O=C(NCC(=O)N1CCC(CCN2CCOCC2)CC1)c1ccccc1I. The summed E-state index contributed by atoms with van der Waals surface area (Å²) in [5.41, 5.74) is 0.618. The third kappa shape index (κ3) is 6.15. The summed E-state index contributed by atoms with van der Waals surface area (Å²) in [6, 6.07) is 7.40. The van der Waals surface area contributed by atoms with Crippen LogP contribution in [-0.2, 0) is 9.53 Å². The van der Waals surface area contributed by atoms with Crippen LogP contribution in [0.25, 0.3) is 0 Å². The van der Waals surface area contributed by atoms with Gasteiger partial charge in [-0.15, -0.1) is 0 Å². The van der Waals surface area contributed by atoms with Crippen LogP contribution in [0.4, 0.5) is 0 Å². The molecular weight excluding hydrogens is 457 g/mol. The van der Waals surface area contributed by atoms with Crippen molar-refractivity contribution in [2.45, 2.75) is 19.3 Å². The normalized spacial score (nSPS) is 19.1. The van der Waals surface area contributed by atoms with Gasteiger partial charge in [0, 0.05) is 29.7 Å². The average molecular weight is 485 g/mol. The molecule has 0 bridgehead atoms. The van der Waals surface area contributed by atoms with Gasteiger partial charge in [-0.05, 0) is 66.4 Å². The molecule has 0 aliphatic carbocycles. The number of likely N-dealkylation sites (tertiary alicyclic amines) is 1. The van der Waals surface area contributed by atoms with Gasteiger partial charge in [0.05, 0.1) is 25.3 Å². The minimum Gasteiger partial charge on any atom is -0.379 e. The van der Waals surface area contributed by atoms with Crippen LogP contribution < -0.4 is 5.32 Å². The number of rotatable bonds is 6. The van der Waals surface area contributed by atoms with E-state index < -0.39 is 0 Å². The van der Waals surface area contributed by atoms with Crippen molar-refractivity contribution in [3.05, 3.63) is 33.4 Å². The van der Waals surface area contributed by atoms with Crippen molar-refractivity contribution in [3.8, 4) is 0 Å². The zero-order valence-corrected chi connectivity index (χ0v) is 17.8. The van der Waals surface area contributed by atoms with Crippen molar-refractivity contribution in [3.63, 3.8) is 0 Å². The minimum atomic E-state index is -0.186. The molecule has 1 N–H and O–H groups in total. The van der Waals surface area contributed by atoms with Gasteiger partial charge < -0.3 is 15.0 Å². The first-order valence-corrected chi connectivity index (χ1v) is 10.8. The maximum absolute atomic E-state index is 12.4. The molecule has 7 heteroatoms. The third-order valence-corrected chi connectivity index (χ3v) is 6.38. The molecular formula is C20H28IN3O3. The molecule has 0 aromatic heterocycles. The van der Waals surface area contributed by atoms with Gasteiger partial charge in [-0.1, -0.05) is 12.1 Å². The molecule has 2 aliphatic heterocycles. The second kappa shape index (κ2) is 10.4. The number of hydrogen-bond donors (Lipinski definition) is 1. The Labute approximate surface area is 174 Å². The molecule has 0 atom stereocenters. The van der Waals surface area contributed by atoms with Crippen LogP contribution >= 0.6 is 22.6 Å². The molecule has 27 heavy (non-hydrogen) atoms. The lowest BCUT2D eigenvalue weighted by atomic mass is 9.93. The highest BCUT2D eigenvalue weighted by molar-refractivity contribution is 14.1. The number of carbonyl (C=O) groups is 2. The zero-order chi connectivity index (χ0) is 19.1. The number of nitrogens with zero attached hydrogens (tertiary/aromatic N) is 2. The highest BCUT2D eigenvalue weighted by Gasteiger charge is 2.24. The molecule has 0 radical (unpaired) electrons. The molecule has 3 rings (SSSR count). The Bertz CT molecular complexity index is 641. The van der Waals surface area contributed by atoms with Crippen LogP contribution in [-0.4, -0.2) is 74.1 Å². The topological polar surface area (TPSA) is 61.9 Å². The van der Waals surface area contributed by atoms with Crippen LogP contribution in [0.2, 0.25) is 0 Å². The van der Waals surface area contributed by atoms with Crippen molar-refractivity contribution in [1.82, 2.24) is 15.1 Å². The zero-order valence-electron chi connectivity index (χ0n) is 15.7. The molecule has 2 aliphatic rings. The largest absolute Gasteiger partial charge is 0.379 e. The van der Waals surface area contributed by atoms with E-state index in [1.165, 1.54) is 6.42 Å². The number of amides is 2. The Morgan fingerprint density at radius 3 is 2.52 bits per heavy atom. The first kappa shape index (κ1) is 20.5. The Balaban J connectivity index is 1.35. The fourth-order valence-electron chi connectivity index (χ4n) is 3.67. The van der Waals surface area contributed by atoms with E-state index in [0.29, 0.717) is 11.5 Å². The van der Waals surface area contributed by atoms with Gasteiger partial charge in [0.25, 0.3) is 5.91 Å². The molecule has 2 heterocycles. The third-order valence-electron chi connectivity index (χ3n) is 5.44. The van der Waals surface area contributed by atoms with Crippen molar-refractivity contribution in [1.29, 1.82) is 0 Å². The second-order valence-corrected chi connectivity index (χ2v) is 8.39. The maximum Gasteiger partial charge on any atom is 0.252 e. The van der Waals surface area contributed by atoms with E-state index in [-0.39, 0.29) is 18.4 Å². The number of hydrogen-bond acceptors (Lipinski definition) is 4. The number of benzene rings is 1. The lowest BCUT2D eigenvalue weighted by Crippen LogP contribution is -2.44. The lowest BCUT2D eigenvalue weighted by Gasteiger charge is -2.34. The summed E-state index contributed by atoms with van der Waals surface area (Å²) in [6.07, 6.45) is 3.31. The molecule has 6 nitrogen and oxygen atoms in total. The number of nitrogens with one attached hydrogen (secondary N) is 1. The molecule has 2 saturated heterocycles. The standard InChI is InChI=1S/C20H28IN3O3/c21-18-4-2-1-3-17(18)20(26)22-15-19(25)24-9-6-16(7-10-24)5-8-23-11-13-27-14-12-23/h1-4,16H,5-15H2,(H,22,26). The van der Waals surface area contributed by atoms with E-state index in [1.54, 1.807) is 6.07 Å². The quantitative estimate of drug-likeness (QED) is 0.627. The van der Waals surface area contributed by atoms with Crippen LogP contribution in [0.15, 0.2) is 24.3 Å². The van der Waals surface area contributed by atoms with Crippen molar-refractivity contribution >= 4 is 34.4 Å². The number of halogens is 1. The van der Waals surface area contributed by atoms with Crippen molar-refractivity contribution in [2.75, 3.05) is 52.5 Å². The molecule has 1 aromatic carbocycles. The number of piperidine rings is 1. The Kier molecular flexibility index (Phi) is 7.90. The molecule has 0 spiro atoms. The lowest BCUT2D eigenvalue weighted by molar-refractivity contribution is -0.131. The smallest absolute Gasteiger partial charge is 0.252 e. The number of ether oxygens (including phenoxy) is 1. The van der Waals surface area contributed by atoms with E-state index in [4.69, 9.17) is 4.74 Å². The summed E-state index contributed by atoms with van der Waals surface area (Å²) < 4.78 is 6.28. The van der Waals surface area contributed by atoms with Gasteiger partial charge >= 0.3 is 0 Å². The summed E-state index contributed by atoms with van der Waals surface area (Å²) in [6.45, 7) is 6.57. The summed E-state index contributed by atoms with van der Waals surface area (Å²) >= 11 is 2.14. The molecule has 0 unspecified atom stereocenters. The summed E-state index contributed by atoms with van der Waals surface area (Å²) in [5, 5.41) is 2.76. The van der Waals surface area contributed by atoms with Crippen molar-refractivity contribution < 1.29 is 14.3 Å². The highest BCUT2D eigenvalue weighted by Crippen LogP contribution is 2.21. The predicted molar refractivity (Wildman–Crippen MR) is 113 cm³/mol. The Morgan fingerprint density at radius 2 is 1.81 bits per heavy atom. The first-order chi connectivity index (χ1) is 13.1. The van der Waals surface area contributed by atoms with E-state index in [9.17, 15) is 9.59 Å². The fourth-order valence-corrected chi connectivity index (χ4v) is 4.30. The van der Waals surface area contributed by atoms with E-state index in [1.807, 2.05) is 23.1 Å². The number of carbonyl (C=O) groups excluding carboxylic acids is 2. The highest BCUT2D eigenvalue weighted by atomic mass is 127. The fraction of sp³-hybridized carbons (Fsp3) is 0.600. The van der Waals surface area contributed by atoms with E-state index in [0.717, 1.165) is 62.3 Å². The van der Waals surface area contributed by atoms with Crippen LogP contribution in [0.3, 0.4) is 0 Å². The Hall–Kier alpha value is -1.19. The summed E-state index contributed by atoms with van der Waals surface area (Å²) in [5.74, 6) is 0.520. The van der Waals surface area contributed by atoms with E-state index in [2.05, 4.69) is 32.8 Å². The second-order valence-electron chi connectivity index (χ2n) is 7.23. The number of morpholine rings is 1. The molecule has 1 aromatic rings. The summed E-state index contributed by atoms with van der Waals surface area (Å²) in [4.78, 5) is 29.0. The average Bonchev–Trinajstić information content (AvgIpc) is 2.72. The van der Waals surface area contributed by atoms with Gasteiger partial charge in [-0.25, -0.2) is 0 Å². The van der Waals surface area contributed by atoms with Gasteiger partial charge in [0.1, 0.15) is 0 Å². The first-order valence-electron chi connectivity index (χ1n) is 9.74. The monoisotopic (exact) mass is 485 g/mol.